The van der Waals surface area contributed by atoms with E-state index < -0.39 is 10.0 Å². The molecule has 168 valence electrons. The van der Waals surface area contributed by atoms with E-state index in [0.29, 0.717) is 24.2 Å². The Bertz CT molecular complexity index is 1280. The van der Waals surface area contributed by atoms with Crippen LogP contribution in [0.3, 0.4) is 0 Å². The number of rotatable bonds is 7. The first-order valence-electron chi connectivity index (χ1n) is 10.9. The molecule has 0 bridgehead atoms. The molecule has 3 aromatic carbocycles. The summed E-state index contributed by atoms with van der Waals surface area (Å²) in [6.07, 6.45) is 2.31. The molecule has 1 aliphatic rings. The van der Waals surface area contributed by atoms with Crippen LogP contribution in [0.25, 0.3) is 0 Å². The Kier molecular flexibility index (Phi) is 6.87. The molecule has 33 heavy (non-hydrogen) atoms. The van der Waals surface area contributed by atoms with E-state index in [0.717, 1.165) is 29.5 Å². The molecule has 0 spiro atoms. The number of sulfonamides is 1. The minimum absolute atomic E-state index is 0.106. The average molecular weight is 460 g/mol. The lowest BCUT2D eigenvalue weighted by Gasteiger charge is -2.31. The Morgan fingerprint density at radius 1 is 0.970 bits per heavy atom. The number of hydrogen-bond acceptors (Lipinski definition) is 4. The van der Waals surface area contributed by atoms with Crippen LogP contribution in [0, 0.1) is 11.3 Å². The number of fused-ring (bicyclic) bond motifs is 1. The van der Waals surface area contributed by atoms with E-state index in [1.165, 1.54) is 0 Å². The molecule has 0 unspecified atom stereocenters. The van der Waals surface area contributed by atoms with Gasteiger partial charge < -0.3 is 4.90 Å². The fraction of sp³-hybridized carbons (Fsp3) is 0.231. The van der Waals surface area contributed by atoms with E-state index in [1.807, 2.05) is 48.5 Å². The van der Waals surface area contributed by atoms with E-state index in [9.17, 15) is 13.2 Å². The number of carbonyl (C=O) groups excluding carboxylic acids is 1. The number of hydrogen-bond donors (Lipinski definition) is 1. The molecule has 6 nitrogen and oxygen atoms in total. The van der Waals surface area contributed by atoms with Crippen LogP contribution in [-0.2, 0) is 34.2 Å². The van der Waals surface area contributed by atoms with Crippen LogP contribution in [0.4, 0.5) is 5.69 Å². The third kappa shape index (κ3) is 5.30. The second kappa shape index (κ2) is 9.99. The maximum absolute atomic E-state index is 13.2. The predicted octanol–water partition coefficient (Wildman–Crippen LogP) is 3.95. The molecule has 1 amide bonds. The van der Waals surface area contributed by atoms with Gasteiger partial charge in [0.2, 0.25) is 15.9 Å². The summed E-state index contributed by atoms with van der Waals surface area (Å²) in [5.74, 6) is -0.106. The van der Waals surface area contributed by atoms with Crippen LogP contribution in [0.1, 0.15) is 35.1 Å². The first-order chi connectivity index (χ1) is 16.0. The summed E-state index contributed by atoms with van der Waals surface area (Å²) < 4.78 is 29.1. The van der Waals surface area contributed by atoms with E-state index in [-0.39, 0.29) is 23.8 Å². The van der Waals surface area contributed by atoms with E-state index >= 15 is 0 Å². The van der Waals surface area contributed by atoms with Gasteiger partial charge in [-0.05, 0) is 54.2 Å². The number of anilines is 1. The maximum atomic E-state index is 13.2. The summed E-state index contributed by atoms with van der Waals surface area (Å²) in [7, 11) is -3.82. The van der Waals surface area contributed by atoms with Crippen LogP contribution in [0.2, 0.25) is 0 Å². The minimum Gasteiger partial charge on any atom is -0.311 e. The Hall–Kier alpha value is -3.47. The van der Waals surface area contributed by atoms with Crippen molar-refractivity contribution in [1.82, 2.24) is 4.72 Å². The summed E-state index contributed by atoms with van der Waals surface area (Å²) in [5, 5.41) is 8.94. The molecule has 0 aromatic heterocycles. The van der Waals surface area contributed by atoms with Crippen molar-refractivity contribution in [2.45, 2.75) is 37.1 Å². The Morgan fingerprint density at radius 3 is 2.45 bits per heavy atom. The van der Waals surface area contributed by atoms with Crippen molar-refractivity contribution in [3.8, 4) is 6.07 Å². The summed E-state index contributed by atoms with van der Waals surface area (Å²) in [6.45, 7) is 0.671. The second-order valence-corrected chi connectivity index (χ2v) is 9.77. The van der Waals surface area contributed by atoms with Crippen LogP contribution in [0.15, 0.2) is 77.7 Å². The smallest absolute Gasteiger partial charge is 0.242 e. The van der Waals surface area contributed by atoms with Gasteiger partial charge in [0.1, 0.15) is 4.90 Å². The van der Waals surface area contributed by atoms with Gasteiger partial charge in [0.05, 0.1) is 17.3 Å². The van der Waals surface area contributed by atoms with Crippen molar-refractivity contribution in [2.24, 2.45) is 0 Å². The molecule has 0 aliphatic carbocycles. The van der Waals surface area contributed by atoms with Crippen molar-refractivity contribution in [1.29, 1.82) is 5.26 Å². The van der Waals surface area contributed by atoms with Gasteiger partial charge in [-0.1, -0.05) is 54.6 Å². The molecule has 4 rings (SSSR count). The largest absolute Gasteiger partial charge is 0.311 e. The lowest BCUT2D eigenvalue weighted by molar-refractivity contribution is -0.118. The molecule has 0 atom stereocenters. The van der Waals surface area contributed by atoms with E-state index in [2.05, 4.69) is 10.8 Å². The quantitative estimate of drug-likeness (QED) is 0.579. The number of amides is 1. The van der Waals surface area contributed by atoms with Crippen molar-refractivity contribution in [2.75, 3.05) is 11.4 Å². The molecule has 3 aromatic rings. The van der Waals surface area contributed by atoms with Gasteiger partial charge in [-0.3, -0.25) is 4.79 Å². The normalized spacial score (nSPS) is 13.2. The van der Waals surface area contributed by atoms with Crippen molar-refractivity contribution in [3.63, 3.8) is 0 Å². The number of nitrogens with one attached hydrogen (secondary N) is 1. The van der Waals surface area contributed by atoms with Gasteiger partial charge in [-0.15, -0.1) is 0 Å². The lowest BCUT2D eigenvalue weighted by atomic mass is 10.0. The van der Waals surface area contributed by atoms with Crippen molar-refractivity contribution < 1.29 is 13.2 Å². The van der Waals surface area contributed by atoms with Crippen molar-refractivity contribution in [3.05, 3.63) is 95.1 Å². The number of nitrogens with zero attached hydrogens (tertiary/aromatic N) is 2. The maximum Gasteiger partial charge on any atom is 0.242 e. The molecular weight excluding hydrogens is 434 g/mol. The summed E-state index contributed by atoms with van der Waals surface area (Å²) in [4.78, 5) is 14.9. The highest BCUT2D eigenvalue weighted by atomic mass is 32.2. The summed E-state index contributed by atoms with van der Waals surface area (Å²) in [6, 6.07) is 23.8. The summed E-state index contributed by atoms with van der Waals surface area (Å²) >= 11 is 0. The first-order valence-corrected chi connectivity index (χ1v) is 12.4. The highest BCUT2D eigenvalue weighted by molar-refractivity contribution is 7.89. The fourth-order valence-corrected chi connectivity index (χ4v) is 5.33. The lowest BCUT2D eigenvalue weighted by Crippen LogP contribution is -2.37. The molecule has 1 aliphatic heterocycles. The topological polar surface area (TPSA) is 90.3 Å². The van der Waals surface area contributed by atoms with Crippen LogP contribution in [0.5, 0.6) is 0 Å². The molecule has 0 radical (unpaired) electrons. The molecule has 0 saturated heterocycles. The van der Waals surface area contributed by atoms with E-state index in [1.54, 1.807) is 29.2 Å². The predicted molar refractivity (Wildman–Crippen MR) is 127 cm³/mol. The van der Waals surface area contributed by atoms with Gasteiger partial charge in [0.15, 0.2) is 0 Å². The second-order valence-electron chi connectivity index (χ2n) is 8.03. The summed E-state index contributed by atoms with van der Waals surface area (Å²) in [5.41, 5.74) is 3.77. The minimum atomic E-state index is -3.82. The zero-order valence-corrected chi connectivity index (χ0v) is 19.0. The molecule has 7 heteroatoms. The van der Waals surface area contributed by atoms with Gasteiger partial charge >= 0.3 is 0 Å². The third-order valence-electron chi connectivity index (χ3n) is 5.79. The van der Waals surface area contributed by atoms with Crippen LogP contribution >= 0.6 is 0 Å². The SMILES string of the molecule is N#Cc1ccc(CCC(=O)N2CCCc3cccc(S(=O)(=O)NCc4ccccc4)c32)cc1. The molecule has 0 saturated carbocycles. The molecule has 1 N–H and O–H groups in total. The number of carbonyl (C=O) groups is 1. The van der Waals surface area contributed by atoms with Crippen LogP contribution in [-0.4, -0.2) is 20.9 Å². The number of nitriles is 1. The van der Waals surface area contributed by atoms with E-state index in [4.69, 9.17) is 5.26 Å². The first kappa shape index (κ1) is 22.7. The zero-order chi connectivity index (χ0) is 23.3. The molecule has 1 heterocycles. The highest BCUT2D eigenvalue weighted by Gasteiger charge is 2.29. The van der Waals surface area contributed by atoms with Crippen molar-refractivity contribution >= 4 is 21.6 Å². The number of benzene rings is 3. The fourth-order valence-electron chi connectivity index (χ4n) is 4.07. The Morgan fingerprint density at radius 2 is 1.73 bits per heavy atom. The Balaban J connectivity index is 1.55. The number of aryl methyl sites for hydroxylation is 2. The van der Waals surface area contributed by atoms with Gasteiger partial charge in [0, 0.05) is 19.5 Å². The average Bonchev–Trinajstić information content (AvgIpc) is 2.86. The highest BCUT2D eigenvalue weighted by Crippen LogP contribution is 2.34. The molecule has 0 fully saturated rings. The van der Waals surface area contributed by atoms with Gasteiger partial charge in [0.25, 0.3) is 0 Å². The van der Waals surface area contributed by atoms with Gasteiger partial charge in [-0.2, -0.15) is 5.26 Å². The standard InChI is InChI=1S/C26H25N3O3S/c27-18-21-13-11-20(12-14-21)15-16-25(30)29-17-5-9-23-8-4-10-24(26(23)29)33(31,32)28-19-22-6-2-1-3-7-22/h1-4,6-8,10-14,28H,5,9,15-17,19H2. The molecular formula is C26H25N3O3S. The number of para-hydroxylation sites is 1. The zero-order valence-electron chi connectivity index (χ0n) is 18.2. The van der Waals surface area contributed by atoms with Gasteiger partial charge in [-0.25, -0.2) is 13.1 Å². The Labute approximate surface area is 194 Å². The van der Waals surface area contributed by atoms with Crippen LogP contribution < -0.4 is 9.62 Å². The third-order valence-corrected chi connectivity index (χ3v) is 7.22. The monoisotopic (exact) mass is 459 g/mol.